The van der Waals surface area contributed by atoms with Gasteiger partial charge in [0.15, 0.2) is 0 Å². The molecule has 11 heteroatoms. The molecule has 0 saturated heterocycles. The number of nitrogens with one attached hydrogen (secondary N) is 3. The van der Waals surface area contributed by atoms with E-state index < -0.39 is 17.1 Å². The Morgan fingerprint density at radius 3 is 2.30 bits per heavy atom. The monoisotopic (exact) mass is 685 g/mol. The van der Waals surface area contributed by atoms with E-state index in [1.165, 1.54) is 17.8 Å². The fourth-order valence-corrected chi connectivity index (χ4v) is 5.73. The van der Waals surface area contributed by atoms with Crippen molar-refractivity contribution in [3.63, 3.8) is 0 Å². The number of carbonyl (C=O) groups excluding carboxylic acids is 3. The Labute approximate surface area is 286 Å². The summed E-state index contributed by atoms with van der Waals surface area (Å²) in [5.74, 6) is 0.279. The molecule has 0 aliphatic rings. The molecular weight excluding hydrogens is 657 g/mol. The number of anilines is 2. The van der Waals surface area contributed by atoms with Crippen molar-refractivity contribution >= 4 is 70.1 Å². The Bertz CT molecular complexity index is 1930. The second kappa shape index (κ2) is 15.6. The number of para-hydroxylation sites is 1. The van der Waals surface area contributed by atoms with Gasteiger partial charge in [0.05, 0.1) is 28.6 Å². The van der Waals surface area contributed by atoms with Crippen LogP contribution in [-0.2, 0) is 9.59 Å². The van der Waals surface area contributed by atoms with Crippen molar-refractivity contribution in [2.75, 3.05) is 17.7 Å². The summed E-state index contributed by atoms with van der Waals surface area (Å²) in [5.41, 5.74) is 2.06. The number of amides is 3. The molecule has 3 N–H and O–H groups in total. The van der Waals surface area contributed by atoms with Crippen molar-refractivity contribution in [1.29, 1.82) is 0 Å². The summed E-state index contributed by atoms with van der Waals surface area (Å²) >= 11 is 13.5. The van der Waals surface area contributed by atoms with Crippen LogP contribution < -0.4 is 20.7 Å². The molecule has 0 radical (unpaired) electrons. The van der Waals surface area contributed by atoms with Crippen molar-refractivity contribution in [1.82, 2.24) is 5.32 Å². The van der Waals surface area contributed by atoms with Crippen LogP contribution in [0.2, 0.25) is 10.0 Å². The van der Waals surface area contributed by atoms with E-state index in [0.717, 1.165) is 10.5 Å². The smallest absolute Gasteiger partial charge is 0.272 e. The van der Waals surface area contributed by atoms with Crippen LogP contribution in [0.25, 0.3) is 17.4 Å². The third-order valence-corrected chi connectivity index (χ3v) is 8.46. The maximum atomic E-state index is 13.5. The van der Waals surface area contributed by atoms with E-state index in [1.807, 2.05) is 24.3 Å². The molecule has 5 rings (SSSR count). The van der Waals surface area contributed by atoms with Crippen molar-refractivity contribution in [3.05, 3.63) is 136 Å². The van der Waals surface area contributed by atoms with Crippen molar-refractivity contribution < 1.29 is 23.5 Å². The Hall–Kier alpha value is -4.96. The summed E-state index contributed by atoms with van der Waals surface area (Å²) in [6.07, 6.45) is 1.46. The lowest BCUT2D eigenvalue weighted by molar-refractivity contribution is -0.115. The normalized spacial score (nSPS) is 11.8. The van der Waals surface area contributed by atoms with Crippen LogP contribution in [-0.4, -0.2) is 30.1 Å². The maximum Gasteiger partial charge on any atom is 0.272 e. The summed E-state index contributed by atoms with van der Waals surface area (Å²) in [6.45, 7) is 1.78. The van der Waals surface area contributed by atoms with E-state index >= 15 is 0 Å². The molecule has 1 atom stereocenters. The lowest BCUT2D eigenvalue weighted by Gasteiger charge is -2.14. The Morgan fingerprint density at radius 1 is 0.851 bits per heavy atom. The molecule has 0 spiro atoms. The van der Waals surface area contributed by atoms with E-state index in [9.17, 15) is 14.4 Å². The number of ether oxygens (including phenoxy) is 1. The molecule has 0 fully saturated rings. The fraction of sp³-hybridized carbons (Fsp3) is 0.0833. The maximum absolute atomic E-state index is 13.5. The Morgan fingerprint density at radius 2 is 1.57 bits per heavy atom. The Kier molecular flexibility index (Phi) is 11.1. The largest absolute Gasteiger partial charge is 0.496 e. The van der Waals surface area contributed by atoms with Crippen LogP contribution in [0, 0.1) is 0 Å². The molecule has 0 bridgehead atoms. The van der Waals surface area contributed by atoms with E-state index in [2.05, 4.69) is 16.0 Å². The first-order chi connectivity index (χ1) is 22.7. The summed E-state index contributed by atoms with van der Waals surface area (Å²) in [7, 11) is 1.58. The summed E-state index contributed by atoms with van der Waals surface area (Å²) in [5, 5.41) is 8.72. The minimum atomic E-state index is -0.558. The average molecular weight is 687 g/mol. The predicted molar refractivity (Wildman–Crippen MR) is 188 cm³/mol. The van der Waals surface area contributed by atoms with Gasteiger partial charge in [0, 0.05) is 27.2 Å². The molecule has 5 aromatic rings. The van der Waals surface area contributed by atoms with Crippen molar-refractivity contribution in [2.24, 2.45) is 0 Å². The molecule has 8 nitrogen and oxygen atoms in total. The van der Waals surface area contributed by atoms with Crippen molar-refractivity contribution in [2.45, 2.75) is 17.1 Å². The second-order valence-electron chi connectivity index (χ2n) is 10.1. The SMILES string of the molecule is COc1ccccc1-c1ccc(/C=C(\NC(=O)c2ccccc2)C(=O)Nc2ccc(S[C@@H](C)C(=O)Nc3ccc(Cl)cc3Cl)cc2)o1. The zero-order chi connectivity index (χ0) is 33.3. The third kappa shape index (κ3) is 8.86. The summed E-state index contributed by atoms with van der Waals surface area (Å²) in [4.78, 5) is 40.1. The lowest BCUT2D eigenvalue weighted by atomic mass is 10.1. The van der Waals surface area contributed by atoms with Gasteiger partial charge in [0.25, 0.3) is 11.8 Å². The minimum absolute atomic E-state index is 0.0237. The zero-order valence-electron chi connectivity index (χ0n) is 25.3. The summed E-state index contributed by atoms with van der Waals surface area (Å²) in [6, 6.07) is 31.3. The molecule has 0 aliphatic heterocycles. The molecule has 1 heterocycles. The fourth-order valence-electron chi connectivity index (χ4n) is 4.41. The van der Waals surface area contributed by atoms with Gasteiger partial charge in [0.2, 0.25) is 5.91 Å². The second-order valence-corrected chi connectivity index (χ2v) is 12.4. The van der Waals surface area contributed by atoms with E-state index in [1.54, 1.807) is 99.0 Å². The van der Waals surface area contributed by atoms with Crippen LogP contribution in [0.1, 0.15) is 23.0 Å². The van der Waals surface area contributed by atoms with E-state index in [-0.39, 0.29) is 11.6 Å². The average Bonchev–Trinajstić information content (AvgIpc) is 3.55. The first kappa shape index (κ1) is 33.4. The molecule has 238 valence electrons. The number of benzene rings is 4. The van der Waals surface area contributed by atoms with E-state index in [0.29, 0.717) is 44.3 Å². The standard InChI is InChI=1S/C36H29Cl2N3O5S/c1-22(34(42)40-30-18-12-24(37)20-29(30)38)47-27-16-13-25(14-17-27)39-36(44)31(41-35(43)23-8-4-3-5-9-23)21-26-15-19-33(46-26)28-10-6-7-11-32(28)45-2/h3-22H,1-2H3,(H,39,44)(H,40,42)(H,41,43)/b31-21-/t22-/m0/s1. The third-order valence-electron chi connectivity index (χ3n) is 6.80. The first-order valence-corrected chi connectivity index (χ1v) is 16.0. The van der Waals surface area contributed by atoms with Gasteiger partial charge in [0.1, 0.15) is 23.0 Å². The molecule has 4 aromatic carbocycles. The van der Waals surface area contributed by atoms with Crippen LogP contribution in [0.4, 0.5) is 11.4 Å². The number of furan rings is 1. The van der Waals surface area contributed by atoms with Gasteiger partial charge in [-0.15, -0.1) is 11.8 Å². The number of rotatable bonds is 11. The lowest BCUT2D eigenvalue weighted by Crippen LogP contribution is -2.30. The molecule has 3 amide bonds. The molecule has 0 saturated carbocycles. The van der Waals surface area contributed by atoms with Crippen LogP contribution in [0.15, 0.2) is 124 Å². The van der Waals surface area contributed by atoms with Gasteiger partial charge in [-0.05, 0) is 85.8 Å². The minimum Gasteiger partial charge on any atom is -0.496 e. The number of carbonyl (C=O) groups is 3. The molecule has 0 aliphatic carbocycles. The molecule has 47 heavy (non-hydrogen) atoms. The Balaban J connectivity index is 1.30. The molecule has 1 aromatic heterocycles. The number of hydrogen-bond donors (Lipinski definition) is 3. The van der Waals surface area contributed by atoms with Crippen LogP contribution in [0.5, 0.6) is 5.75 Å². The predicted octanol–water partition coefficient (Wildman–Crippen LogP) is 8.79. The van der Waals surface area contributed by atoms with Gasteiger partial charge >= 0.3 is 0 Å². The van der Waals surface area contributed by atoms with Crippen LogP contribution >= 0.6 is 35.0 Å². The molecular formula is C36H29Cl2N3O5S. The van der Waals surface area contributed by atoms with Crippen LogP contribution in [0.3, 0.4) is 0 Å². The quantitative estimate of drug-likeness (QED) is 0.0947. The van der Waals surface area contributed by atoms with Gasteiger partial charge < -0.3 is 25.1 Å². The van der Waals surface area contributed by atoms with Gasteiger partial charge in [-0.1, -0.05) is 53.5 Å². The van der Waals surface area contributed by atoms with Gasteiger partial charge in [-0.2, -0.15) is 0 Å². The summed E-state index contributed by atoms with van der Waals surface area (Å²) < 4.78 is 11.5. The molecule has 0 unspecified atom stereocenters. The van der Waals surface area contributed by atoms with E-state index in [4.69, 9.17) is 32.4 Å². The number of hydrogen-bond acceptors (Lipinski definition) is 6. The van der Waals surface area contributed by atoms with Gasteiger partial charge in [-0.3, -0.25) is 14.4 Å². The highest BCUT2D eigenvalue weighted by molar-refractivity contribution is 8.00. The number of halogens is 2. The van der Waals surface area contributed by atoms with Gasteiger partial charge in [-0.25, -0.2) is 0 Å². The highest BCUT2D eigenvalue weighted by Gasteiger charge is 2.19. The first-order valence-electron chi connectivity index (χ1n) is 14.4. The topological polar surface area (TPSA) is 110 Å². The zero-order valence-corrected chi connectivity index (χ0v) is 27.6. The number of thioether (sulfide) groups is 1. The number of methoxy groups -OCH3 is 1. The van der Waals surface area contributed by atoms with Crippen molar-refractivity contribution in [3.8, 4) is 17.1 Å². The highest BCUT2D eigenvalue weighted by atomic mass is 35.5. The highest BCUT2D eigenvalue weighted by Crippen LogP contribution is 2.32.